The predicted octanol–water partition coefficient (Wildman–Crippen LogP) is 3.22. The zero-order valence-electron chi connectivity index (χ0n) is 15.2. The third kappa shape index (κ3) is 4.67. The van der Waals surface area contributed by atoms with Gasteiger partial charge < -0.3 is 19.5 Å². The number of rotatable bonds is 6. The SMILES string of the molecule is CCOC(=O)/C=C/c1cccc(C(NC(C)=O)c2ccc3c(c2)OCO3)c1. The van der Waals surface area contributed by atoms with Gasteiger partial charge in [0.15, 0.2) is 11.5 Å². The Labute approximate surface area is 157 Å². The summed E-state index contributed by atoms with van der Waals surface area (Å²) in [6.07, 6.45) is 3.07. The van der Waals surface area contributed by atoms with Crippen LogP contribution in [0.25, 0.3) is 6.08 Å². The highest BCUT2D eigenvalue weighted by Gasteiger charge is 2.20. The average molecular weight is 367 g/mol. The Morgan fingerprint density at radius 1 is 1.15 bits per heavy atom. The molecule has 1 atom stereocenters. The van der Waals surface area contributed by atoms with E-state index in [1.807, 2.05) is 42.5 Å². The van der Waals surface area contributed by atoms with Crippen LogP contribution in [-0.2, 0) is 14.3 Å². The standard InChI is InChI=1S/C21H21NO5/c1-3-25-20(24)10-7-15-5-4-6-16(11-15)21(22-14(2)23)17-8-9-18-19(12-17)27-13-26-18/h4-12,21H,3,13H2,1-2H3,(H,22,23)/b10-7+. The molecule has 27 heavy (non-hydrogen) atoms. The van der Waals surface area contributed by atoms with Gasteiger partial charge in [-0.05, 0) is 47.9 Å². The molecule has 0 bridgehead atoms. The molecule has 0 fully saturated rings. The third-order valence-corrected chi connectivity index (χ3v) is 4.02. The van der Waals surface area contributed by atoms with E-state index in [1.165, 1.54) is 13.0 Å². The van der Waals surface area contributed by atoms with Crippen molar-refractivity contribution < 1.29 is 23.8 Å². The summed E-state index contributed by atoms with van der Waals surface area (Å²) in [5, 5.41) is 2.97. The highest BCUT2D eigenvalue weighted by Crippen LogP contribution is 2.35. The zero-order valence-corrected chi connectivity index (χ0v) is 15.2. The lowest BCUT2D eigenvalue weighted by molar-refractivity contribution is -0.137. The second-order valence-electron chi connectivity index (χ2n) is 6.00. The number of esters is 1. The maximum absolute atomic E-state index is 11.8. The van der Waals surface area contributed by atoms with E-state index in [9.17, 15) is 9.59 Å². The van der Waals surface area contributed by atoms with E-state index in [1.54, 1.807) is 13.0 Å². The lowest BCUT2D eigenvalue weighted by Gasteiger charge is -2.20. The minimum Gasteiger partial charge on any atom is -0.463 e. The van der Waals surface area contributed by atoms with Gasteiger partial charge in [0.1, 0.15) is 0 Å². The molecular weight excluding hydrogens is 346 g/mol. The predicted molar refractivity (Wildman–Crippen MR) is 100 cm³/mol. The number of carbonyl (C=O) groups is 2. The molecule has 6 nitrogen and oxygen atoms in total. The van der Waals surface area contributed by atoms with Gasteiger partial charge in [-0.1, -0.05) is 24.3 Å². The summed E-state index contributed by atoms with van der Waals surface area (Å²) in [7, 11) is 0. The maximum Gasteiger partial charge on any atom is 0.330 e. The van der Waals surface area contributed by atoms with Crippen LogP contribution >= 0.6 is 0 Å². The lowest BCUT2D eigenvalue weighted by Crippen LogP contribution is -2.26. The van der Waals surface area contributed by atoms with Crippen molar-refractivity contribution in [2.75, 3.05) is 13.4 Å². The molecule has 0 aliphatic carbocycles. The van der Waals surface area contributed by atoms with Crippen molar-refractivity contribution in [3.63, 3.8) is 0 Å². The molecule has 1 unspecified atom stereocenters. The molecule has 1 heterocycles. The Kier molecular flexibility index (Phi) is 5.76. The molecule has 2 aromatic rings. The van der Waals surface area contributed by atoms with Crippen molar-refractivity contribution in [1.82, 2.24) is 5.32 Å². The molecule has 3 rings (SSSR count). The highest BCUT2D eigenvalue weighted by atomic mass is 16.7. The molecule has 0 spiro atoms. The number of amides is 1. The van der Waals surface area contributed by atoms with Crippen LogP contribution in [0.15, 0.2) is 48.5 Å². The zero-order chi connectivity index (χ0) is 19.2. The molecule has 0 radical (unpaired) electrons. The summed E-state index contributed by atoms with van der Waals surface area (Å²) >= 11 is 0. The first-order valence-electron chi connectivity index (χ1n) is 8.68. The number of hydrogen-bond acceptors (Lipinski definition) is 5. The summed E-state index contributed by atoms with van der Waals surface area (Å²) in [6, 6.07) is 12.8. The van der Waals surface area contributed by atoms with Crippen LogP contribution < -0.4 is 14.8 Å². The molecule has 0 saturated carbocycles. The van der Waals surface area contributed by atoms with Gasteiger partial charge in [0.2, 0.25) is 12.7 Å². The highest BCUT2D eigenvalue weighted by molar-refractivity contribution is 5.87. The summed E-state index contributed by atoms with van der Waals surface area (Å²) in [5.41, 5.74) is 2.59. The summed E-state index contributed by atoms with van der Waals surface area (Å²) < 4.78 is 15.7. The van der Waals surface area contributed by atoms with E-state index >= 15 is 0 Å². The monoisotopic (exact) mass is 367 g/mol. The van der Waals surface area contributed by atoms with Crippen LogP contribution in [0.4, 0.5) is 0 Å². The molecule has 140 valence electrons. The molecule has 2 aromatic carbocycles. The van der Waals surface area contributed by atoms with Crippen molar-refractivity contribution in [2.45, 2.75) is 19.9 Å². The largest absolute Gasteiger partial charge is 0.463 e. The van der Waals surface area contributed by atoms with E-state index in [0.717, 1.165) is 16.7 Å². The maximum atomic E-state index is 11.8. The van der Waals surface area contributed by atoms with Gasteiger partial charge in [-0.3, -0.25) is 4.79 Å². The van der Waals surface area contributed by atoms with Gasteiger partial charge in [-0.15, -0.1) is 0 Å². The van der Waals surface area contributed by atoms with Crippen LogP contribution in [0, 0.1) is 0 Å². The van der Waals surface area contributed by atoms with Crippen molar-refractivity contribution in [2.24, 2.45) is 0 Å². The van der Waals surface area contributed by atoms with E-state index in [0.29, 0.717) is 18.1 Å². The minimum atomic E-state index is -0.392. The molecular formula is C21H21NO5. The van der Waals surface area contributed by atoms with Crippen molar-refractivity contribution in [1.29, 1.82) is 0 Å². The molecule has 1 amide bonds. The lowest BCUT2D eigenvalue weighted by atomic mass is 9.96. The number of fused-ring (bicyclic) bond motifs is 1. The summed E-state index contributed by atoms with van der Waals surface area (Å²) in [6.45, 7) is 3.76. The van der Waals surface area contributed by atoms with Gasteiger partial charge in [-0.2, -0.15) is 0 Å². The number of nitrogens with one attached hydrogen (secondary N) is 1. The Hall–Kier alpha value is -3.28. The van der Waals surface area contributed by atoms with Gasteiger partial charge in [0.25, 0.3) is 0 Å². The Morgan fingerprint density at radius 2 is 1.93 bits per heavy atom. The number of carbonyl (C=O) groups excluding carboxylic acids is 2. The normalized spacial score (nSPS) is 13.4. The van der Waals surface area contributed by atoms with E-state index in [2.05, 4.69) is 5.32 Å². The van der Waals surface area contributed by atoms with Crippen LogP contribution in [0.1, 0.15) is 36.6 Å². The summed E-state index contributed by atoms with van der Waals surface area (Å²) in [4.78, 5) is 23.3. The smallest absolute Gasteiger partial charge is 0.330 e. The van der Waals surface area contributed by atoms with Crippen molar-refractivity contribution in [3.05, 3.63) is 65.2 Å². The van der Waals surface area contributed by atoms with Crippen molar-refractivity contribution >= 4 is 18.0 Å². The van der Waals surface area contributed by atoms with Gasteiger partial charge in [-0.25, -0.2) is 4.79 Å². The minimum absolute atomic E-state index is 0.148. The average Bonchev–Trinajstić information content (AvgIpc) is 3.12. The van der Waals surface area contributed by atoms with Crippen molar-refractivity contribution in [3.8, 4) is 11.5 Å². The van der Waals surface area contributed by atoms with Gasteiger partial charge >= 0.3 is 5.97 Å². The second-order valence-corrected chi connectivity index (χ2v) is 6.00. The molecule has 0 aromatic heterocycles. The van der Waals surface area contributed by atoms with E-state index in [4.69, 9.17) is 14.2 Å². The molecule has 1 N–H and O–H groups in total. The van der Waals surface area contributed by atoms with Crippen LogP contribution in [-0.4, -0.2) is 25.3 Å². The Balaban J connectivity index is 1.90. The Morgan fingerprint density at radius 3 is 2.70 bits per heavy atom. The van der Waals surface area contributed by atoms with Crippen LogP contribution in [0.3, 0.4) is 0 Å². The first-order valence-corrected chi connectivity index (χ1v) is 8.68. The fraction of sp³-hybridized carbons (Fsp3) is 0.238. The van der Waals surface area contributed by atoms with Crippen LogP contribution in [0.2, 0.25) is 0 Å². The number of benzene rings is 2. The fourth-order valence-corrected chi connectivity index (χ4v) is 2.85. The topological polar surface area (TPSA) is 73.9 Å². The molecule has 6 heteroatoms. The fourth-order valence-electron chi connectivity index (χ4n) is 2.85. The second kappa shape index (κ2) is 8.40. The van der Waals surface area contributed by atoms with Crippen LogP contribution in [0.5, 0.6) is 11.5 Å². The first-order chi connectivity index (χ1) is 13.1. The first kappa shape index (κ1) is 18.5. The van der Waals surface area contributed by atoms with E-state index < -0.39 is 5.97 Å². The van der Waals surface area contributed by atoms with Gasteiger partial charge in [0.05, 0.1) is 12.6 Å². The number of hydrogen-bond donors (Lipinski definition) is 1. The number of ether oxygens (including phenoxy) is 3. The Bertz CT molecular complexity index is 875. The quantitative estimate of drug-likeness (QED) is 0.627. The summed E-state index contributed by atoms with van der Waals surface area (Å²) in [5.74, 6) is 0.801. The molecule has 0 saturated heterocycles. The third-order valence-electron chi connectivity index (χ3n) is 4.02. The van der Waals surface area contributed by atoms with E-state index in [-0.39, 0.29) is 18.7 Å². The molecule has 1 aliphatic rings. The molecule has 1 aliphatic heterocycles. The van der Waals surface area contributed by atoms with Gasteiger partial charge in [0, 0.05) is 13.0 Å².